The number of hydrogen-bond acceptors (Lipinski definition) is 4. The Kier molecular flexibility index (Phi) is 4.54. The van der Waals surface area contributed by atoms with Gasteiger partial charge in [-0.2, -0.15) is 13.2 Å². The molecule has 106 valence electrons. The van der Waals surface area contributed by atoms with E-state index in [0.717, 1.165) is 12.1 Å². The van der Waals surface area contributed by atoms with Gasteiger partial charge in [0.15, 0.2) is 0 Å². The number of aliphatic hydroxyl groups is 1. The van der Waals surface area contributed by atoms with Gasteiger partial charge in [0.25, 0.3) is 0 Å². The SMILES string of the molecule is CCOC(=O)C(N)C(O)(c1ccccc1)C(F)(F)F. The smallest absolute Gasteiger partial charge is 0.423 e. The second kappa shape index (κ2) is 5.58. The fraction of sp³-hybridized carbons (Fsp3) is 0.417. The number of benzene rings is 1. The Morgan fingerprint density at radius 1 is 1.37 bits per heavy atom. The van der Waals surface area contributed by atoms with Crippen LogP contribution in [0.1, 0.15) is 12.5 Å². The second-order valence-corrected chi connectivity index (χ2v) is 3.86. The van der Waals surface area contributed by atoms with Crippen molar-refractivity contribution in [2.45, 2.75) is 24.7 Å². The van der Waals surface area contributed by atoms with Gasteiger partial charge in [-0.15, -0.1) is 0 Å². The van der Waals surface area contributed by atoms with Crippen LogP contribution >= 0.6 is 0 Å². The molecule has 1 rings (SSSR count). The van der Waals surface area contributed by atoms with Crippen LogP contribution in [-0.4, -0.2) is 29.9 Å². The van der Waals surface area contributed by atoms with Gasteiger partial charge in [0.2, 0.25) is 5.60 Å². The quantitative estimate of drug-likeness (QED) is 0.814. The first kappa shape index (κ1) is 15.5. The summed E-state index contributed by atoms with van der Waals surface area (Å²) in [5.74, 6) is -1.31. The van der Waals surface area contributed by atoms with Crippen LogP contribution in [0.4, 0.5) is 13.2 Å². The van der Waals surface area contributed by atoms with Crippen LogP contribution in [0.5, 0.6) is 0 Å². The van der Waals surface area contributed by atoms with E-state index in [-0.39, 0.29) is 6.61 Å². The molecule has 0 saturated heterocycles. The zero-order valence-electron chi connectivity index (χ0n) is 10.1. The van der Waals surface area contributed by atoms with Crippen LogP contribution in [0, 0.1) is 0 Å². The lowest BCUT2D eigenvalue weighted by Gasteiger charge is -2.34. The van der Waals surface area contributed by atoms with Crippen molar-refractivity contribution >= 4 is 5.97 Å². The van der Waals surface area contributed by atoms with Crippen LogP contribution in [0.15, 0.2) is 30.3 Å². The Morgan fingerprint density at radius 3 is 2.32 bits per heavy atom. The Hall–Kier alpha value is -1.60. The van der Waals surface area contributed by atoms with Crippen LogP contribution in [0.2, 0.25) is 0 Å². The van der Waals surface area contributed by atoms with Crippen molar-refractivity contribution in [3.05, 3.63) is 35.9 Å². The molecule has 1 aromatic carbocycles. The van der Waals surface area contributed by atoms with Crippen molar-refractivity contribution < 1.29 is 27.8 Å². The summed E-state index contributed by atoms with van der Waals surface area (Å²) in [4.78, 5) is 11.4. The van der Waals surface area contributed by atoms with Crippen molar-refractivity contribution in [3.8, 4) is 0 Å². The number of alkyl halides is 3. The van der Waals surface area contributed by atoms with Gasteiger partial charge < -0.3 is 15.6 Å². The monoisotopic (exact) mass is 277 g/mol. The molecule has 0 aromatic heterocycles. The van der Waals surface area contributed by atoms with Crippen molar-refractivity contribution in [1.82, 2.24) is 0 Å². The van der Waals surface area contributed by atoms with Gasteiger partial charge in [-0.1, -0.05) is 30.3 Å². The van der Waals surface area contributed by atoms with Gasteiger partial charge in [-0.25, -0.2) is 0 Å². The molecule has 0 fully saturated rings. The number of rotatable bonds is 4. The molecule has 2 unspecified atom stereocenters. The maximum Gasteiger partial charge on any atom is 0.423 e. The Labute approximate surface area is 108 Å². The maximum atomic E-state index is 13.1. The summed E-state index contributed by atoms with van der Waals surface area (Å²) >= 11 is 0. The summed E-state index contributed by atoms with van der Waals surface area (Å²) in [5.41, 5.74) is 1.26. The van der Waals surface area contributed by atoms with Crippen molar-refractivity contribution in [2.75, 3.05) is 6.61 Å². The van der Waals surface area contributed by atoms with E-state index in [1.54, 1.807) is 0 Å². The molecule has 2 atom stereocenters. The van der Waals surface area contributed by atoms with Crippen molar-refractivity contribution in [2.24, 2.45) is 5.73 Å². The average molecular weight is 277 g/mol. The number of halogens is 3. The van der Waals surface area contributed by atoms with Crippen molar-refractivity contribution in [3.63, 3.8) is 0 Å². The molecule has 0 aliphatic carbocycles. The van der Waals surface area contributed by atoms with Crippen LogP contribution in [0.3, 0.4) is 0 Å². The lowest BCUT2D eigenvalue weighted by atomic mass is 9.86. The van der Waals surface area contributed by atoms with E-state index in [2.05, 4.69) is 4.74 Å². The molecular weight excluding hydrogens is 263 g/mol. The van der Waals surface area contributed by atoms with E-state index in [9.17, 15) is 23.1 Å². The lowest BCUT2D eigenvalue weighted by molar-refractivity contribution is -0.274. The number of carbonyl (C=O) groups is 1. The van der Waals surface area contributed by atoms with Crippen LogP contribution < -0.4 is 5.73 Å². The molecule has 0 aliphatic rings. The highest BCUT2D eigenvalue weighted by Crippen LogP contribution is 2.41. The molecule has 19 heavy (non-hydrogen) atoms. The van der Waals surface area contributed by atoms with Gasteiger partial charge in [-0.05, 0) is 12.5 Å². The van der Waals surface area contributed by atoms with E-state index in [0.29, 0.717) is 0 Å². The van der Waals surface area contributed by atoms with Crippen molar-refractivity contribution in [1.29, 1.82) is 0 Å². The minimum absolute atomic E-state index is 0.130. The topological polar surface area (TPSA) is 72.5 Å². The first-order valence-corrected chi connectivity index (χ1v) is 5.52. The van der Waals surface area contributed by atoms with E-state index >= 15 is 0 Å². The summed E-state index contributed by atoms with van der Waals surface area (Å²) in [5, 5.41) is 9.93. The lowest BCUT2D eigenvalue weighted by Crippen LogP contribution is -2.59. The standard InChI is InChI=1S/C12H14F3NO3/c1-2-19-10(17)9(16)11(18,12(13,14)15)8-6-4-3-5-7-8/h3-7,9,18H,2,16H2,1H3. The van der Waals surface area contributed by atoms with Gasteiger partial charge in [0.05, 0.1) is 6.61 Å². The summed E-state index contributed by atoms with van der Waals surface area (Å²) < 4.78 is 43.8. The summed E-state index contributed by atoms with van der Waals surface area (Å²) in [7, 11) is 0. The molecule has 0 bridgehead atoms. The minimum atomic E-state index is -5.11. The predicted molar refractivity (Wildman–Crippen MR) is 61.0 cm³/mol. The first-order valence-electron chi connectivity index (χ1n) is 5.52. The van der Waals surface area contributed by atoms with Gasteiger partial charge in [0, 0.05) is 0 Å². The number of hydrogen-bond donors (Lipinski definition) is 2. The molecule has 7 heteroatoms. The molecule has 0 heterocycles. The van der Waals surface area contributed by atoms with E-state index in [4.69, 9.17) is 5.73 Å². The highest BCUT2D eigenvalue weighted by atomic mass is 19.4. The highest BCUT2D eigenvalue weighted by Gasteiger charge is 2.61. The Morgan fingerprint density at radius 2 is 1.89 bits per heavy atom. The predicted octanol–water partition coefficient (Wildman–Crippen LogP) is 1.33. The molecule has 0 spiro atoms. The Bertz CT molecular complexity index is 436. The van der Waals surface area contributed by atoms with E-state index < -0.39 is 29.4 Å². The third kappa shape index (κ3) is 2.87. The molecule has 4 nitrogen and oxygen atoms in total. The second-order valence-electron chi connectivity index (χ2n) is 3.86. The molecule has 0 radical (unpaired) electrons. The van der Waals surface area contributed by atoms with Gasteiger partial charge >= 0.3 is 12.1 Å². The normalized spacial score (nSPS) is 16.5. The molecule has 0 saturated carbocycles. The van der Waals surface area contributed by atoms with Crippen LogP contribution in [-0.2, 0) is 15.1 Å². The number of carbonyl (C=O) groups excluding carboxylic acids is 1. The number of ether oxygens (including phenoxy) is 1. The van der Waals surface area contributed by atoms with Crippen LogP contribution in [0.25, 0.3) is 0 Å². The summed E-state index contributed by atoms with van der Waals surface area (Å²) in [6.45, 7) is 1.30. The molecular formula is C12H14F3NO3. The number of nitrogens with two attached hydrogens (primary N) is 1. The zero-order valence-corrected chi connectivity index (χ0v) is 10.1. The summed E-state index contributed by atoms with van der Waals surface area (Å²) in [6, 6.07) is 3.94. The fourth-order valence-electron chi connectivity index (χ4n) is 1.61. The van der Waals surface area contributed by atoms with Gasteiger partial charge in [0.1, 0.15) is 6.04 Å². The third-order valence-electron chi connectivity index (χ3n) is 2.64. The Balaban J connectivity index is 3.26. The average Bonchev–Trinajstić information content (AvgIpc) is 2.37. The minimum Gasteiger partial charge on any atom is -0.465 e. The molecule has 3 N–H and O–H groups in total. The van der Waals surface area contributed by atoms with Gasteiger partial charge in [-0.3, -0.25) is 4.79 Å². The maximum absolute atomic E-state index is 13.1. The largest absolute Gasteiger partial charge is 0.465 e. The fourth-order valence-corrected chi connectivity index (χ4v) is 1.61. The van der Waals surface area contributed by atoms with E-state index in [1.165, 1.54) is 25.1 Å². The molecule has 0 amide bonds. The summed E-state index contributed by atoms with van der Waals surface area (Å²) in [6.07, 6.45) is -5.11. The molecule has 0 aliphatic heterocycles. The highest BCUT2D eigenvalue weighted by molar-refractivity contribution is 5.77. The molecule has 1 aromatic rings. The first-order chi connectivity index (χ1) is 8.75. The zero-order chi connectivity index (χ0) is 14.7. The number of esters is 1. The third-order valence-corrected chi connectivity index (χ3v) is 2.64. The van der Waals surface area contributed by atoms with E-state index in [1.807, 2.05) is 0 Å².